The molecule has 3 aromatic rings. The third kappa shape index (κ3) is 3.42. The third-order valence-corrected chi connectivity index (χ3v) is 6.13. The van der Waals surface area contributed by atoms with Gasteiger partial charge in [0.25, 0.3) is 0 Å². The Morgan fingerprint density at radius 1 is 1.26 bits per heavy atom. The first kappa shape index (κ1) is 21.5. The highest BCUT2D eigenvalue weighted by atomic mass is 16.7. The standard InChI is InChI=1S/C26H22N2O6/c1-4-10-32-16-7-8-19-17(12-16)18-13-20(26(30)31-3)28(23(29)5-2)25(24(18)27-19)15-6-9-21-22(11-15)34-14-33-21/h1,5-9,11-12,20,25,27H,2,10,13-14H2,3H3/t20-,25-/m1/s1. The minimum Gasteiger partial charge on any atom is -0.481 e. The van der Waals surface area contributed by atoms with Crippen molar-refractivity contribution in [1.29, 1.82) is 0 Å². The molecule has 0 unspecified atom stereocenters. The zero-order valence-corrected chi connectivity index (χ0v) is 18.5. The molecule has 172 valence electrons. The van der Waals surface area contributed by atoms with Crippen LogP contribution in [0.25, 0.3) is 10.9 Å². The van der Waals surface area contributed by atoms with Crippen LogP contribution in [0.4, 0.5) is 0 Å². The molecule has 0 fully saturated rings. The van der Waals surface area contributed by atoms with Gasteiger partial charge in [0.15, 0.2) is 11.5 Å². The molecule has 8 nitrogen and oxygen atoms in total. The molecule has 8 heteroatoms. The van der Waals surface area contributed by atoms with Crippen molar-refractivity contribution in [3.05, 3.63) is 65.9 Å². The Balaban J connectivity index is 1.72. The number of aromatic nitrogens is 1. The van der Waals surface area contributed by atoms with Crippen LogP contribution in [0, 0.1) is 12.3 Å². The van der Waals surface area contributed by atoms with E-state index in [-0.39, 0.29) is 25.7 Å². The second kappa shape index (κ2) is 8.52. The Morgan fingerprint density at radius 2 is 2.09 bits per heavy atom. The van der Waals surface area contributed by atoms with Gasteiger partial charge in [-0.2, -0.15) is 0 Å². The summed E-state index contributed by atoms with van der Waals surface area (Å²) in [6.45, 7) is 3.92. The number of H-pyrrole nitrogens is 1. The first-order valence-corrected chi connectivity index (χ1v) is 10.7. The number of rotatable bonds is 5. The SMILES string of the molecule is C#CCOc1ccc2[nH]c3c(c2c1)C[C@H](C(=O)OC)N(C(=O)C=C)[C@@H]3c1ccc2c(c1)OCO2. The molecule has 0 bridgehead atoms. The number of methoxy groups -OCH3 is 1. The molecule has 34 heavy (non-hydrogen) atoms. The van der Waals surface area contributed by atoms with Gasteiger partial charge < -0.3 is 28.8 Å². The molecule has 0 saturated carbocycles. The van der Waals surface area contributed by atoms with Crippen LogP contribution >= 0.6 is 0 Å². The number of fused-ring (bicyclic) bond motifs is 4. The number of terminal acetylenes is 1. The molecule has 1 amide bonds. The average molecular weight is 458 g/mol. The summed E-state index contributed by atoms with van der Waals surface area (Å²) >= 11 is 0. The molecule has 0 spiro atoms. The van der Waals surface area contributed by atoms with Crippen LogP contribution in [-0.2, 0) is 20.7 Å². The van der Waals surface area contributed by atoms with Crippen molar-refractivity contribution in [2.45, 2.75) is 18.5 Å². The van der Waals surface area contributed by atoms with Gasteiger partial charge in [-0.05, 0) is 47.5 Å². The van der Waals surface area contributed by atoms with Gasteiger partial charge in [0, 0.05) is 23.0 Å². The number of nitrogens with one attached hydrogen (secondary N) is 1. The number of carbonyl (C=O) groups is 2. The van der Waals surface area contributed by atoms with Crippen LogP contribution in [0.3, 0.4) is 0 Å². The number of amides is 1. The smallest absolute Gasteiger partial charge is 0.328 e. The Kier molecular flexibility index (Phi) is 5.38. The first-order valence-electron chi connectivity index (χ1n) is 10.7. The monoisotopic (exact) mass is 458 g/mol. The minimum atomic E-state index is -0.854. The van der Waals surface area contributed by atoms with Gasteiger partial charge in [-0.1, -0.05) is 18.6 Å². The summed E-state index contributed by atoms with van der Waals surface area (Å²) in [4.78, 5) is 30.9. The molecular weight excluding hydrogens is 436 g/mol. The predicted molar refractivity (Wildman–Crippen MR) is 124 cm³/mol. The van der Waals surface area contributed by atoms with E-state index in [0.717, 1.165) is 27.7 Å². The number of hydrogen-bond donors (Lipinski definition) is 1. The lowest BCUT2D eigenvalue weighted by atomic mass is 9.87. The molecule has 2 aromatic carbocycles. The third-order valence-electron chi connectivity index (χ3n) is 6.13. The zero-order valence-electron chi connectivity index (χ0n) is 18.5. The summed E-state index contributed by atoms with van der Waals surface area (Å²) in [6, 6.07) is 9.61. The lowest BCUT2D eigenvalue weighted by Gasteiger charge is -2.40. The summed E-state index contributed by atoms with van der Waals surface area (Å²) in [5.74, 6) is 3.37. The van der Waals surface area contributed by atoms with Crippen molar-refractivity contribution in [2.24, 2.45) is 0 Å². The van der Waals surface area contributed by atoms with Crippen molar-refractivity contribution < 1.29 is 28.5 Å². The van der Waals surface area contributed by atoms with Gasteiger partial charge in [-0.15, -0.1) is 6.42 Å². The number of nitrogens with zero attached hydrogens (tertiary/aromatic N) is 1. The van der Waals surface area contributed by atoms with E-state index in [4.69, 9.17) is 25.4 Å². The highest BCUT2D eigenvalue weighted by molar-refractivity contribution is 5.94. The fourth-order valence-electron chi connectivity index (χ4n) is 4.66. The van der Waals surface area contributed by atoms with E-state index in [1.54, 1.807) is 6.07 Å². The largest absolute Gasteiger partial charge is 0.481 e. The number of aromatic amines is 1. The Morgan fingerprint density at radius 3 is 2.85 bits per heavy atom. The molecular formula is C26H22N2O6. The summed E-state index contributed by atoms with van der Waals surface area (Å²) in [5, 5.41) is 0.884. The van der Waals surface area contributed by atoms with E-state index in [2.05, 4.69) is 17.5 Å². The molecule has 5 rings (SSSR count). The predicted octanol–water partition coefficient (Wildman–Crippen LogP) is 3.11. The van der Waals surface area contributed by atoms with E-state index in [9.17, 15) is 9.59 Å². The molecule has 0 radical (unpaired) electrons. The molecule has 0 aliphatic carbocycles. The lowest BCUT2D eigenvalue weighted by Crippen LogP contribution is -2.51. The summed E-state index contributed by atoms with van der Waals surface area (Å²) in [5.41, 5.74) is 3.29. The number of esters is 1. The summed E-state index contributed by atoms with van der Waals surface area (Å²) in [7, 11) is 1.31. The van der Waals surface area contributed by atoms with E-state index in [1.165, 1.54) is 18.1 Å². The van der Waals surface area contributed by atoms with Crippen LogP contribution < -0.4 is 14.2 Å². The molecule has 1 N–H and O–H groups in total. The fourth-order valence-corrected chi connectivity index (χ4v) is 4.66. The topological polar surface area (TPSA) is 90.1 Å². The van der Waals surface area contributed by atoms with Crippen LogP contribution in [0.15, 0.2) is 49.1 Å². The molecule has 0 saturated heterocycles. The van der Waals surface area contributed by atoms with Crippen LogP contribution in [0.1, 0.15) is 22.9 Å². The maximum atomic E-state index is 13.1. The van der Waals surface area contributed by atoms with Crippen molar-refractivity contribution >= 4 is 22.8 Å². The van der Waals surface area contributed by atoms with Gasteiger partial charge in [-0.25, -0.2) is 4.79 Å². The average Bonchev–Trinajstić information content (AvgIpc) is 3.48. The fraction of sp³-hybridized carbons (Fsp3) is 0.231. The number of benzene rings is 2. The van der Waals surface area contributed by atoms with Crippen molar-refractivity contribution in [3.63, 3.8) is 0 Å². The maximum absolute atomic E-state index is 13.1. The van der Waals surface area contributed by atoms with Crippen LogP contribution in [0.2, 0.25) is 0 Å². The number of carbonyl (C=O) groups excluding carboxylic acids is 2. The van der Waals surface area contributed by atoms with Crippen molar-refractivity contribution in [3.8, 4) is 29.6 Å². The molecule has 2 atom stereocenters. The van der Waals surface area contributed by atoms with E-state index in [0.29, 0.717) is 17.2 Å². The van der Waals surface area contributed by atoms with E-state index < -0.39 is 18.1 Å². The highest BCUT2D eigenvalue weighted by Crippen LogP contribution is 2.44. The van der Waals surface area contributed by atoms with Gasteiger partial charge >= 0.3 is 5.97 Å². The molecule has 1 aromatic heterocycles. The van der Waals surface area contributed by atoms with Crippen LogP contribution in [0.5, 0.6) is 17.2 Å². The summed E-state index contributed by atoms with van der Waals surface area (Å²) < 4.78 is 21.7. The van der Waals surface area contributed by atoms with E-state index >= 15 is 0 Å². The second-order valence-corrected chi connectivity index (χ2v) is 7.93. The quantitative estimate of drug-likeness (QED) is 0.359. The van der Waals surface area contributed by atoms with E-state index in [1.807, 2.05) is 30.3 Å². The summed E-state index contributed by atoms with van der Waals surface area (Å²) in [6.07, 6.45) is 6.80. The van der Waals surface area contributed by atoms with Gasteiger partial charge in [-0.3, -0.25) is 4.79 Å². The molecule has 2 aliphatic heterocycles. The Hall–Kier alpha value is -4.38. The van der Waals surface area contributed by atoms with Crippen molar-refractivity contribution in [2.75, 3.05) is 20.5 Å². The lowest BCUT2D eigenvalue weighted by molar-refractivity contribution is -0.153. The number of ether oxygens (including phenoxy) is 4. The zero-order chi connectivity index (χ0) is 23.8. The Bertz CT molecular complexity index is 1350. The van der Waals surface area contributed by atoms with Gasteiger partial charge in [0.1, 0.15) is 18.4 Å². The minimum absolute atomic E-state index is 0.127. The van der Waals surface area contributed by atoms with Gasteiger partial charge in [0.05, 0.1) is 13.2 Å². The molecule has 3 heterocycles. The van der Waals surface area contributed by atoms with Crippen LogP contribution in [-0.4, -0.2) is 48.3 Å². The second-order valence-electron chi connectivity index (χ2n) is 7.93. The Labute approximate surface area is 196 Å². The van der Waals surface area contributed by atoms with Crippen molar-refractivity contribution in [1.82, 2.24) is 9.88 Å². The van der Waals surface area contributed by atoms with Gasteiger partial charge in [0.2, 0.25) is 12.7 Å². The maximum Gasteiger partial charge on any atom is 0.328 e. The first-order chi connectivity index (χ1) is 16.5. The number of hydrogen-bond acceptors (Lipinski definition) is 6. The molecule has 2 aliphatic rings. The highest BCUT2D eigenvalue weighted by Gasteiger charge is 2.43. The normalized spacial score (nSPS) is 18.2.